The number of aromatic nitrogens is 2. The maximum Gasteiger partial charge on any atom is 0.264 e. The molecule has 1 aliphatic carbocycles. The summed E-state index contributed by atoms with van der Waals surface area (Å²) < 4.78 is 58.5. The van der Waals surface area contributed by atoms with Crippen LogP contribution in [0.25, 0.3) is 11.5 Å². The van der Waals surface area contributed by atoms with E-state index in [4.69, 9.17) is 10.3 Å². The van der Waals surface area contributed by atoms with Crippen LogP contribution in [0.2, 0.25) is 0 Å². The minimum atomic E-state index is -1.58. The quantitative estimate of drug-likeness (QED) is 0.684. The monoisotopic (exact) mass is 301 g/mol. The van der Waals surface area contributed by atoms with Crippen molar-refractivity contribution in [3.05, 3.63) is 35.2 Å². The lowest BCUT2D eigenvalue weighted by Gasteiger charge is -2.17. The molecular weight excluding hydrogens is 290 g/mol. The Morgan fingerprint density at radius 3 is 2.19 bits per heavy atom. The maximum absolute atomic E-state index is 13.7. The van der Waals surface area contributed by atoms with Gasteiger partial charge >= 0.3 is 0 Å². The second-order valence-corrected chi connectivity index (χ2v) is 5.13. The fourth-order valence-electron chi connectivity index (χ4n) is 2.52. The van der Waals surface area contributed by atoms with Gasteiger partial charge in [-0.25, -0.2) is 17.6 Å². The van der Waals surface area contributed by atoms with Crippen LogP contribution in [0.5, 0.6) is 0 Å². The lowest BCUT2D eigenvalue weighted by molar-refractivity contribution is 0.369. The van der Waals surface area contributed by atoms with Crippen LogP contribution < -0.4 is 5.73 Å². The molecule has 3 rings (SSSR count). The number of nitrogens with zero attached hydrogens (tertiary/aromatic N) is 2. The van der Waals surface area contributed by atoms with Gasteiger partial charge in [0.25, 0.3) is 5.89 Å². The van der Waals surface area contributed by atoms with E-state index < -0.39 is 40.3 Å². The van der Waals surface area contributed by atoms with Crippen molar-refractivity contribution in [2.45, 2.75) is 31.2 Å². The Morgan fingerprint density at radius 2 is 1.62 bits per heavy atom. The Bertz CT molecular complexity index is 669. The predicted octanol–water partition coefficient (Wildman–Crippen LogP) is 3.02. The summed E-state index contributed by atoms with van der Waals surface area (Å²) >= 11 is 0. The molecule has 0 bridgehead atoms. The number of halogens is 4. The third kappa shape index (κ3) is 2.19. The van der Waals surface area contributed by atoms with Crippen molar-refractivity contribution in [2.24, 2.45) is 5.73 Å². The average Bonchev–Trinajstić information content (AvgIpc) is 3.07. The van der Waals surface area contributed by atoms with Crippen molar-refractivity contribution < 1.29 is 22.1 Å². The van der Waals surface area contributed by atoms with Gasteiger partial charge in [0.05, 0.1) is 5.54 Å². The topological polar surface area (TPSA) is 64.9 Å². The van der Waals surface area contributed by atoms with E-state index in [9.17, 15) is 17.6 Å². The van der Waals surface area contributed by atoms with E-state index in [1.54, 1.807) is 0 Å². The fraction of sp³-hybridized carbons (Fsp3) is 0.385. The van der Waals surface area contributed by atoms with E-state index in [-0.39, 0.29) is 11.9 Å². The van der Waals surface area contributed by atoms with E-state index >= 15 is 0 Å². The van der Waals surface area contributed by atoms with Crippen LogP contribution in [-0.2, 0) is 5.54 Å². The fourth-order valence-corrected chi connectivity index (χ4v) is 2.52. The van der Waals surface area contributed by atoms with Crippen molar-refractivity contribution in [1.29, 1.82) is 0 Å². The molecule has 0 saturated heterocycles. The molecule has 0 unspecified atom stereocenters. The molecule has 0 spiro atoms. The number of hydrogen-bond donors (Lipinski definition) is 1. The van der Waals surface area contributed by atoms with E-state index in [1.165, 1.54) is 0 Å². The van der Waals surface area contributed by atoms with Crippen molar-refractivity contribution in [1.82, 2.24) is 10.1 Å². The van der Waals surface area contributed by atoms with Gasteiger partial charge in [-0.2, -0.15) is 4.98 Å². The highest BCUT2D eigenvalue weighted by atomic mass is 19.2. The Hall–Kier alpha value is -1.96. The minimum Gasteiger partial charge on any atom is -0.334 e. The summed E-state index contributed by atoms with van der Waals surface area (Å²) in [6, 6.07) is 0.118. The van der Waals surface area contributed by atoms with E-state index in [0.29, 0.717) is 12.8 Å². The molecule has 0 radical (unpaired) electrons. The van der Waals surface area contributed by atoms with Gasteiger partial charge in [-0.05, 0) is 12.8 Å². The summed E-state index contributed by atoms with van der Waals surface area (Å²) in [5.41, 5.74) is 4.23. The molecule has 1 saturated carbocycles. The molecule has 0 amide bonds. The molecule has 1 aromatic carbocycles. The summed E-state index contributed by atoms with van der Waals surface area (Å²) in [4.78, 5) is 3.82. The van der Waals surface area contributed by atoms with Crippen molar-refractivity contribution in [3.63, 3.8) is 0 Å². The summed E-state index contributed by atoms with van der Waals surface area (Å²) in [6.45, 7) is 0. The number of nitrogens with two attached hydrogens (primary N) is 1. The largest absolute Gasteiger partial charge is 0.334 e. The van der Waals surface area contributed by atoms with Gasteiger partial charge in [-0.1, -0.05) is 18.0 Å². The van der Waals surface area contributed by atoms with Crippen LogP contribution in [0.15, 0.2) is 10.6 Å². The maximum atomic E-state index is 13.7. The van der Waals surface area contributed by atoms with Crippen LogP contribution >= 0.6 is 0 Å². The Labute approximate surface area is 116 Å². The van der Waals surface area contributed by atoms with Crippen LogP contribution in [0, 0.1) is 23.3 Å². The Kier molecular flexibility index (Phi) is 3.20. The first kappa shape index (κ1) is 14.0. The molecule has 8 heteroatoms. The molecule has 4 nitrogen and oxygen atoms in total. The first-order valence-corrected chi connectivity index (χ1v) is 6.39. The second-order valence-electron chi connectivity index (χ2n) is 5.13. The molecular formula is C13H11F4N3O. The van der Waals surface area contributed by atoms with Gasteiger partial charge in [-0.15, -0.1) is 0 Å². The van der Waals surface area contributed by atoms with Crippen molar-refractivity contribution >= 4 is 0 Å². The van der Waals surface area contributed by atoms with Crippen molar-refractivity contribution in [3.8, 4) is 11.5 Å². The molecule has 0 atom stereocenters. The zero-order chi connectivity index (χ0) is 15.2. The normalized spacial score (nSPS) is 17.4. The number of benzene rings is 1. The third-order valence-electron chi connectivity index (χ3n) is 3.69. The van der Waals surface area contributed by atoms with E-state index in [0.717, 1.165) is 12.8 Å². The number of rotatable bonds is 2. The van der Waals surface area contributed by atoms with Gasteiger partial charge in [-0.3, -0.25) is 0 Å². The van der Waals surface area contributed by atoms with Gasteiger partial charge in [0.15, 0.2) is 29.1 Å². The molecule has 1 aromatic heterocycles. The van der Waals surface area contributed by atoms with Gasteiger partial charge in [0.2, 0.25) is 0 Å². The van der Waals surface area contributed by atoms with Crippen LogP contribution in [0.3, 0.4) is 0 Å². The van der Waals surface area contributed by atoms with Gasteiger partial charge in [0, 0.05) is 6.07 Å². The standard InChI is InChI=1S/C13H11F4N3O/c14-6-5-7(15)10(17)8(9(6)16)11-19-12(20-21-11)13(18)3-1-2-4-13/h5H,1-4,18H2. The highest BCUT2D eigenvalue weighted by Crippen LogP contribution is 2.36. The second kappa shape index (κ2) is 4.80. The number of hydrogen-bond acceptors (Lipinski definition) is 4. The highest BCUT2D eigenvalue weighted by Gasteiger charge is 2.37. The Morgan fingerprint density at radius 1 is 1.05 bits per heavy atom. The summed E-state index contributed by atoms with van der Waals surface area (Å²) in [6.07, 6.45) is 2.96. The Balaban J connectivity index is 2.09. The molecule has 21 heavy (non-hydrogen) atoms. The van der Waals surface area contributed by atoms with Crippen LogP contribution in [-0.4, -0.2) is 10.1 Å². The molecule has 2 N–H and O–H groups in total. The summed E-state index contributed by atoms with van der Waals surface area (Å²) in [7, 11) is 0. The van der Waals surface area contributed by atoms with Gasteiger partial charge in [0.1, 0.15) is 5.56 Å². The zero-order valence-corrected chi connectivity index (χ0v) is 10.8. The molecule has 2 aromatic rings. The van der Waals surface area contributed by atoms with Gasteiger partial charge < -0.3 is 10.3 Å². The SMILES string of the molecule is NC1(c2noc(-c3c(F)c(F)cc(F)c3F)n2)CCCC1. The molecule has 112 valence electrons. The van der Waals surface area contributed by atoms with Crippen LogP contribution in [0.4, 0.5) is 17.6 Å². The molecule has 1 fully saturated rings. The molecule has 1 heterocycles. The lowest BCUT2D eigenvalue weighted by atomic mass is 9.98. The van der Waals surface area contributed by atoms with E-state index in [1.807, 2.05) is 0 Å². The predicted molar refractivity (Wildman–Crippen MR) is 63.9 cm³/mol. The molecule has 1 aliphatic rings. The van der Waals surface area contributed by atoms with E-state index in [2.05, 4.69) is 10.1 Å². The zero-order valence-electron chi connectivity index (χ0n) is 10.8. The highest BCUT2D eigenvalue weighted by molar-refractivity contribution is 5.55. The average molecular weight is 301 g/mol. The molecule has 0 aliphatic heterocycles. The first-order chi connectivity index (χ1) is 9.92. The third-order valence-corrected chi connectivity index (χ3v) is 3.69. The smallest absolute Gasteiger partial charge is 0.264 e. The van der Waals surface area contributed by atoms with Crippen LogP contribution in [0.1, 0.15) is 31.5 Å². The lowest BCUT2D eigenvalue weighted by Crippen LogP contribution is -2.34. The summed E-state index contributed by atoms with van der Waals surface area (Å²) in [5.74, 6) is -6.78. The van der Waals surface area contributed by atoms with Crippen molar-refractivity contribution in [2.75, 3.05) is 0 Å². The first-order valence-electron chi connectivity index (χ1n) is 6.39. The summed E-state index contributed by atoms with van der Waals surface area (Å²) in [5, 5.41) is 3.60. The minimum absolute atomic E-state index is 0.0819.